The van der Waals surface area contributed by atoms with Gasteiger partial charge in [-0.25, -0.2) is 0 Å². The first-order valence-electron chi connectivity index (χ1n) is 5.68. The molecule has 2 heterocycles. The van der Waals surface area contributed by atoms with Crippen molar-refractivity contribution in [3.05, 3.63) is 45.2 Å². The average Bonchev–Trinajstić information content (AvgIpc) is 2.96. The summed E-state index contributed by atoms with van der Waals surface area (Å²) in [6, 6.07) is 5.00. The van der Waals surface area contributed by atoms with Crippen LogP contribution in [0.3, 0.4) is 0 Å². The van der Waals surface area contributed by atoms with Gasteiger partial charge in [0, 0.05) is 18.0 Å². The van der Waals surface area contributed by atoms with Gasteiger partial charge in [-0.05, 0) is 19.1 Å². The van der Waals surface area contributed by atoms with E-state index in [1.54, 1.807) is 31.2 Å². The fourth-order valence-corrected chi connectivity index (χ4v) is 2.73. The van der Waals surface area contributed by atoms with Crippen LogP contribution >= 0.6 is 11.3 Å². The summed E-state index contributed by atoms with van der Waals surface area (Å²) >= 11 is 1.22. The Hall–Kier alpha value is -1.86. The van der Waals surface area contributed by atoms with Crippen molar-refractivity contribution in [2.45, 2.75) is 19.6 Å². The minimum Gasteiger partial charge on any atom is -0.467 e. The molecule has 102 valence electrons. The molecule has 2 aromatic rings. The Labute approximate surface area is 114 Å². The van der Waals surface area contributed by atoms with Crippen molar-refractivity contribution in [1.82, 2.24) is 0 Å². The molecule has 7 heteroatoms. The van der Waals surface area contributed by atoms with Crippen molar-refractivity contribution >= 4 is 22.0 Å². The molecule has 1 N–H and O–H groups in total. The third kappa shape index (κ3) is 2.94. The quantitative estimate of drug-likeness (QED) is 0.673. The highest BCUT2D eigenvalue weighted by molar-refractivity contribution is 7.16. The first-order valence-corrected chi connectivity index (χ1v) is 6.50. The van der Waals surface area contributed by atoms with E-state index in [9.17, 15) is 15.2 Å². The Morgan fingerprint density at radius 3 is 2.89 bits per heavy atom. The molecule has 0 aliphatic rings. The predicted molar refractivity (Wildman–Crippen MR) is 72.4 cm³/mol. The van der Waals surface area contributed by atoms with Gasteiger partial charge in [-0.15, -0.1) is 11.3 Å². The number of nitro groups is 1. The van der Waals surface area contributed by atoms with E-state index in [-0.39, 0.29) is 5.69 Å². The number of aliphatic hydroxyl groups is 1. The fourth-order valence-electron chi connectivity index (χ4n) is 1.71. The zero-order valence-electron chi connectivity index (χ0n) is 10.6. The van der Waals surface area contributed by atoms with Crippen molar-refractivity contribution in [3.8, 4) is 0 Å². The standard InChI is InChI=1S/C12H14N2O4S/c1-8(15)11-6-10(14(16)17)12(19-11)13(2)7-9-4-3-5-18-9/h3-6,8,15H,7H2,1-2H3. The Kier molecular flexibility index (Phi) is 3.87. The summed E-state index contributed by atoms with van der Waals surface area (Å²) in [5.74, 6) is 0.726. The summed E-state index contributed by atoms with van der Waals surface area (Å²) in [4.78, 5) is 12.9. The highest BCUT2D eigenvalue weighted by Crippen LogP contribution is 2.40. The lowest BCUT2D eigenvalue weighted by atomic mass is 10.3. The number of thiophene rings is 1. The molecule has 6 nitrogen and oxygen atoms in total. The maximum absolute atomic E-state index is 11.0. The van der Waals surface area contributed by atoms with Crippen LogP contribution in [0.2, 0.25) is 0 Å². The van der Waals surface area contributed by atoms with Crippen molar-refractivity contribution in [2.75, 3.05) is 11.9 Å². The summed E-state index contributed by atoms with van der Waals surface area (Å²) in [5.41, 5.74) is 0.00922. The van der Waals surface area contributed by atoms with E-state index in [1.165, 1.54) is 17.4 Å². The highest BCUT2D eigenvalue weighted by Gasteiger charge is 2.24. The molecule has 0 saturated heterocycles. The van der Waals surface area contributed by atoms with E-state index in [4.69, 9.17) is 4.42 Å². The number of hydrogen-bond donors (Lipinski definition) is 1. The summed E-state index contributed by atoms with van der Waals surface area (Å²) in [6.07, 6.45) is 0.849. The monoisotopic (exact) mass is 282 g/mol. The fraction of sp³-hybridized carbons (Fsp3) is 0.333. The molecule has 0 fully saturated rings. The number of furan rings is 1. The number of rotatable bonds is 5. The molecular weight excluding hydrogens is 268 g/mol. The van der Waals surface area contributed by atoms with Crippen LogP contribution in [0, 0.1) is 10.1 Å². The Morgan fingerprint density at radius 2 is 2.37 bits per heavy atom. The predicted octanol–water partition coefficient (Wildman–Crippen LogP) is 2.94. The van der Waals surface area contributed by atoms with Gasteiger partial charge in [0.15, 0.2) is 5.00 Å². The maximum Gasteiger partial charge on any atom is 0.304 e. The van der Waals surface area contributed by atoms with Crippen LogP contribution in [0.25, 0.3) is 0 Å². The number of anilines is 1. The van der Waals surface area contributed by atoms with Gasteiger partial charge in [0.1, 0.15) is 5.76 Å². The zero-order chi connectivity index (χ0) is 14.0. The number of aliphatic hydroxyl groups excluding tert-OH is 1. The minimum atomic E-state index is -0.713. The Balaban J connectivity index is 2.29. The van der Waals surface area contributed by atoms with Crippen LogP contribution in [-0.4, -0.2) is 17.1 Å². The molecule has 1 unspecified atom stereocenters. The molecule has 0 amide bonds. The van der Waals surface area contributed by atoms with Crippen LogP contribution in [-0.2, 0) is 6.54 Å². The van der Waals surface area contributed by atoms with Crippen LogP contribution < -0.4 is 4.90 Å². The highest BCUT2D eigenvalue weighted by atomic mass is 32.1. The largest absolute Gasteiger partial charge is 0.467 e. The Morgan fingerprint density at radius 1 is 1.63 bits per heavy atom. The number of nitrogens with zero attached hydrogens (tertiary/aromatic N) is 2. The van der Waals surface area contributed by atoms with E-state index in [1.807, 2.05) is 6.07 Å². The smallest absolute Gasteiger partial charge is 0.304 e. The summed E-state index contributed by atoms with van der Waals surface area (Å²) < 4.78 is 5.22. The lowest BCUT2D eigenvalue weighted by Crippen LogP contribution is -2.15. The minimum absolute atomic E-state index is 0.00922. The molecule has 0 radical (unpaired) electrons. The lowest BCUT2D eigenvalue weighted by molar-refractivity contribution is -0.383. The second-order valence-electron chi connectivity index (χ2n) is 4.21. The lowest BCUT2D eigenvalue weighted by Gasteiger charge is -2.14. The van der Waals surface area contributed by atoms with Gasteiger partial charge in [-0.2, -0.15) is 0 Å². The summed E-state index contributed by atoms with van der Waals surface area (Å²) in [7, 11) is 1.76. The molecular formula is C12H14N2O4S. The van der Waals surface area contributed by atoms with Crippen LogP contribution in [0.1, 0.15) is 23.7 Å². The van der Waals surface area contributed by atoms with Gasteiger partial charge >= 0.3 is 5.69 Å². The average molecular weight is 282 g/mol. The van der Waals surface area contributed by atoms with Gasteiger partial charge in [-0.3, -0.25) is 10.1 Å². The Bertz CT molecular complexity index is 562. The van der Waals surface area contributed by atoms with Crippen molar-refractivity contribution < 1.29 is 14.4 Å². The molecule has 1 atom stereocenters. The topological polar surface area (TPSA) is 79.8 Å². The van der Waals surface area contributed by atoms with Crippen molar-refractivity contribution in [3.63, 3.8) is 0 Å². The third-order valence-corrected chi connectivity index (χ3v) is 4.05. The molecule has 0 bridgehead atoms. The second kappa shape index (κ2) is 5.41. The maximum atomic E-state index is 11.0. The van der Waals surface area contributed by atoms with E-state index >= 15 is 0 Å². The summed E-state index contributed by atoms with van der Waals surface area (Å²) in [6.45, 7) is 2.03. The van der Waals surface area contributed by atoms with Crippen LogP contribution in [0.15, 0.2) is 28.9 Å². The molecule has 0 aliphatic heterocycles. The third-order valence-electron chi connectivity index (χ3n) is 2.64. The molecule has 0 saturated carbocycles. The summed E-state index contributed by atoms with van der Waals surface area (Å²) in [5, 5.41) is 21.1. The molecule has 0 aliphatic carbocycles. The normalized spacial score (nSPS) is 12.4. The van der Waals surface area contributed by atoms with Crippen LogP contribution in [0.5, 0.6) is 0 Å². The van der Waals surface area contributed by atoms with Crippen molar-refractivity contribution in [1.29, 1.82) is 0 Å². The van der Waals surface area contributed by atoms with Gasteiger partial charge in [0.05, 0.1) is 23.8 Å². The van der Waals surface area contributed by atoms with Crippen LogP contribution in [0.4, 0.5) is 10.7 Å². The van der Waals surface area contributed by atoms with E-state index < -0.39 is 11.0 Å². The van der Waals surface area contributed by atoms with Crippen molar-refractivity contribution in [2.24, 2.45) is 0 Å². The molecule has 0 spiro atoms. The second-order valence-corrected chi connectivity index (χ2v) is 5.27. The number of hydrogen-bond acceptors (Lipinski definition) is 6. The molecule has 2 aromatic heterocycles. The molecule has 2 rings (SSSR count). The molecule has 19 heavy (non-hydrogen) atoms. The van der Waals surface area contributed by atoms with Gasteiger partial charge in [-0.1, -0.05) is 0 Å². The van der Waals surface area contributed by atoms with Gasteiger partial charge in [0.25, 0.3) is 0 Å². The zero-order valence-corrected chi connectivity index (χ0v) is 11.4. The van der Waals surface area contributed by atoms with Gasteiger partial charge in [0.2, 0.25) is 0 Å². The first-order chi connectivity index (χ1) is 8.99. The van der Waals surface area contributed by atoms with E-state index in [0.29, 0.717) is 16.4 Å². The SMILES string of the molecule is CC(O)c1cc([N+](=O)[O-])c(N(C)Cc2ccco2)s1. The molecule has 0 aromatic carbocycles. The van der Waals surface area contributed by atoms with E-state index in [2.05, 4.69) is 0 Å². The first kappa shape index (κ1) is 13.6. The van der Waals surface area contributed by atoms with E-state index in [0.717, 1.165) is 5.76 Å². The van der Waals surface area contributed by atoms with Gasteiger partial charge < -0.3 is 14.4 Å².